The quantitative estimate of drug-likeness (QED) is 0.167. The number of hydrogen-bond donors (Lipinski definition) is 2. The zero-order chi connectivity index (χ0) is 31.5. The lowest BCUT2D eigenvalue weighted by Gasteiger charge is -2.24. The van der Waals surface area contributed by atoms with Crippen molar-refractivity contribution in [3.8, 4) is 11.5 Å². The summed E-state index contributed by atoms with van der Waals surface area (Å²) in [5.41, 5.74) is 2.58. The molecule has 0 aliphatic carbocycles. The number of carbonyl (C=O) groups excluding carboxylic acids is 2. The van der Waals surface area contributed by atoms with Crippen LogP contribution in [-0.4, -0.2) is 69.5 Å². The summed E-state index contributed by atoms with van der Waals surface area (Å²) < 4.78 is 23.0. The molecule has 242 valence electrons. The molecule has 1 heterocycles. The first kappa shape index (κ1) is 35.6. The van der Waals surface area contributed by atoms with Gasteiger partial charge in [-0.2, -0.15) is 0 Å². The summed E-state index contributed by atoms with van der Waals surface area (Å²) in [6.07, 6.45) is 0.117. The van der Waals surface area contributed by atoms with Gasteiger partial charge in [0.05, 0.1) is 32.9 Å². The van der Waals surface area contributed by atoms with Crippen LogP contribution < -0.4 is 19.7 Å². The van der Waals surface area contributed by atoms with Gasteiger partial charge >= 0.3 is 11.9 Å². The van der Waals surface area contributed by atoms with E-state index in [1.54, 1.807) is 36.4 Å². The number of benzene rings is 3. The number of carboxylic acid groups (broad SMARTS) is 1. The second kappa shape index (κ2) is 17.6. The van der Waals surface area contributed by atoms with Crippen molar-refractivity contribution in [2.45, 2.75) is 37.9 Å². The number of fused-ring (bicyclic) bond motifs is 1. The molecule has 2 N–H and O–H groups in total. The SMILES string of the molecule is COC(=O)CC1OC(c2cccc(OCCCNCCCc3ccccc3)c2OC)c2cc(Cl)ccc2N(CC(=O)O)C1=O.Cl. The summed E-state index contributed by atoms with van der Waals surface area (Å²) in [5.74, 6) is -1.74. The van der Waals surface area contributed by atoms with E-state index in [9.17, 15) is 19.5 Å². The average molecular weight is 662 g/mol. The maximum atomic E-state index is 13.6. The number of hydrogen-bond acceptors (Lipinski definition) is 8. The maximum Gasteiger partial charge on any atom is 0.323 e. The van der Waals surface area contributed by atoms with Gasteiger partial charge in [0.1, 0.15) is 18.8 Å². The minimum atomic E-state index is -1.33. The van der Waals surface area contributed by atoms with Crippen molar-refractivity contribution in [3.05, 3.63) is 88.4 Å². The van der Waals surface area contributed by atoms with Crippen LogP contribution in [0.1, 0.15) is 42.1 Å². The van der Waals surface area contributed by atoms with E-state index in [2.05, 4.69) is 17.4 Å². The third kappa shape index (κ3) is 9.58. The fraction of sp³-hybridized carbons (Fsp3) is 0.364. The third-order valence-electron chi connectivity index (χ3n) is 7.19. The third-order valence-corrected chi connectivity index (χ3v) is 7.43. The number of halogens is 2. The van der Waals surface area contributed by atoms with Crippen LogP contribution in [0.5, 0.6) is 11.5 Å². The maximum absolute atomic E-state index is 13.6. The summed E-state index contributed by atoms with van der Waals surface area (Å²) in [4.78, 5) is 38.6. The molecular weight excluding hydrogens is 623 g/mol. The molecule has 1 aliphatic rings. The molecule has 3 aromatic rings. The highest BCUT2D eigenvalue weighted by Gasteiger charge is 2.40. The Balaban J connectivity index is 0.00000552. The highest BCUT2D eigenvalue weighted by Crippen LogP contribution is 2.45. The van der Waals surface area contributed by atoms with Crippen molar-refractivity contribution >= 4 is 47.5 Å². The first-order chi connectivity index (χ1) is 21.3. The largest absolute Gasteiger partial charge is 0.492 e. The smallest absolute Gasteiger partial charge is 0.323 e. The Bertz CT molecular complexity index is 1440. The van der Waals surface area contributed by atoms with Crippen LogP contribution in [0.3, 0.4) is 0 Å². The van der Waals surface area contributed by atoms with Gasteiger partial charge in [0.25, 0.3) is 5.91 Å². The number of para-hydroxylation sites is 1. The number of aliphatic carboxylic acids is 1. The topological polar surface area (TPSA) is 124 Å². The normalized spacial score (nSPS) is 15.8. The number of methoxy groups -OCH3 is 2. The number of carbonyl (C=O) groups is 3. The first-order valence-corrected chi connectivity index (χ1v) is 14.8. The molecule has 3 aromatic carbocycles. The molecule has 2 unspecified atom stereocenters. The molecule has 0 radical (unpaired) electrons. The predicted octanol–water partition coefficient (Wildman–Crippen LogP) is 5.23. The van der Waals surface area contributed by atoms with E-state index in [-0.39, 0.29) is 12.4 Å². The van der Waals surface area contributed by atoms with Crippen LogP contribution in [0.4, 0.5) is 5.69 Å². The van der Waals surface area contributed by atoms with E-state index in [1.807, 2.05) is 18.2 Å². The molecule has 1 amide bonds. The van der Waals surface area contributed by atoms with E-state index in [0.29, 0.717) is 39.9 Å². The van der Waals surface area contributed by atoms with Gasteiger partial charge < -0.3 is 29.4 Å². The van der Waals surface area contributed by atoms with E-state index >= 15 is 0 Å². The van der Waals surface area contributed by atoms with Gasteiger partial charge in [-0.25, -0.2) is 0 Å². The number of nitrogens with zero attached hydrogens (tertiary/aromatic N) is 1. The Labute approximate surface area is 274 Å². The second-order valence-electron chi connectivity index (χ2n) is 10.2. The highest BCUT2D eigenvalue weighted by atomic mass is 35.5. The van der Waals surface area contributed by atoms with E-state index in [0.717, 1.165) is 37.3 Å². The van der Waals surface area contributed by atoms with Crippen LogP contribution in [0.25, 0.3) is 0 Å². The van der Waals surface area contributed by atoms with Crippen molar-refractivity contribution in [3.63, 3.8) is 0 Å². The standard InChI is InChI=1S/C33H37ClN2O8.ClH/c1-41-30(39)20-28-33(40)36(21-29(37)38)26-15-14-23(34)19-25(26)31(44-28)24-12-6-13-27(32(24)42-2)43-18-8-17-35-16-7-11-22-9-4-3-5-10-22;/h3-6,9-10,12-15,19,28,31,35H,7-8,11,16-18,20-21H2,1-2H3,(H,37,38);1H. The van der Waals surface area contributed by atoms with Crippen molar-refractivity contribution in [2.24, 2.45) is 0 Å². The molecule has 2 atom stereocenters. The van der Waals surface area contributed by atoms with Gasteiger partial charge in [0, 0.05) is 16.1 Å². The molecule has 0 spiro atoms. The molecule has 0 bridgehead atoms. The van der Waals surface area contributed by atoms with E-state index in [4.69, 9.17) is 30.5 Å². The van der Waals surface area contributed by atoms with Gasteiger partial charge in [0.15, 0.2) is 11.5 Å². The molecule has 12 heteroatoms. The summed E-state index contributed by atoms with van der Waals surface area (Å²) in [5, 5.41) is 13.4. The fourth-order valence-electron chi connectivity index (χ4n) is 5.12. The molecular formula is C33H38Cl2N2O8. The summed E-state index contributed by atoms with van der Waals surface area (Å²) in [6.45, 7) is 1.47. The predicted molar refractivity (Wildman–Crippen MR) is 173 cm³/mol. The Morgan fingerprint density at radius 2 is 1.76 bits per heavy atom. The van der Waals surface area contributed by atoms with Gasteiger partial charge in [-0.05, 0) is 62.2 Å². The molecule has 0 aromatic heterocycles. The fourth-order valence-corrected chi connectivity index (χ4v) is 5.30. The number of esters is 1. The van der Waals surface area contributed by atoms with Crippen LogP contribution in [0, 0.1) is 0 Å². The van der Waals surface area contributed by atoms with Gasteiger partial charge in [-0.1, -0.05) is 54.1 Å². The molecule has 0 saturated heterocycles. The van der Waals surface area contributed by atoms with Gasteiger partial charge in [-0.3, -0.25) is 19.3 Å². The zero-order valence-electron chi connectivity index (χ0n) is 25.2. The second-order valence-corrected chi connectivity index (χ2v) is 10.7. The number of nitrogens with one attached hydrogen (secondary N) is 1. The number of aryl methyl sites for hydroxylation is 1. The molecule has 4 rings (SSSR count). The highest BCUT2D eigenvalue weighted by molar-refractivity contribution is 6.30. The molecule has 10 nitrogen and oxygen atoms in total. The molecule has 0 fully saturated rings. The minimum absolute atomic E-state index is 0. The lowest BCUT2D eigenvalue weighted by Crippen LogP contribution is -2.43. The van der Waals surface area contributed by atoms with Crippen molar-refractivity contribution < 1.29 is 38.4 Å². The Morgan fingerprint density at radius 3 is 2.47 bits per heavy atom. The average Bonchev–Trinajstić information content (AvgIpc) is 3.12. The van der Waals surface area contributed by atoms with Crippen LogP contribution in [0.15, 0.2) is 66.7 Å². The zero-order valence-corrected chi connectivity index (χ0v) is 26.8. The molecule has 45 heavy (non-hydrogen) atoms. The van der Waals surface area contributed by atoms with Crippen LogP contribution >= 0.6 is 24.0 Å². The van der Waals surface area contributed by atoms with E-state index in [1.165, 1.54) is 19.8 Å². The number of anilines is 1. The summed E-state index contributed by atoms with van der Waals surface area (Å²) >= 11 is 6.37. The van der Waals surface area contributed by atoms with Gasteiger partial charge in [-0.15, -0.1) is 12.4 Å². The monoisotopic (exact) mass is 660 g/mol. The van der Waals surface area contributed by atoms with Crippen LogP contribution in [0.2, 0.25) is 5.02 Å². The Hall–Kier alpha value is -3.83. The summed E-state index contributed by atoms with van der Waals surface area (Å²) in [6, 6.07) is 20.4. The minimum Gasteiger partial charge on any atom is -0.492 e. The van der Waals surface area contributed by atoms with Crippen molar-refractivity contribution in [1.82, 2.24) is 5.32 Å². The summed E-state index contributed by atoms with van der Waals surface area (Å²) in [7, 11) is 2.71. The van der Waals surface area contributed by atoms with Crippen molar-refractivity contribution in [1.29, 1.82) is 0 Å². The number of carboxylic acids is 1. The van der Waals surface area contributed by atoms with E-state index < -0.39 is 43.0 Å². The van der Waals surface area contributed by atoms with Gasteiger partial charge in [0.2, 0.25) is 0 Å². The molecule has 0 saturated carbocycles. The lowest BCUT2D eigenvalue weighted by molar-refractivity contribution is -0.149. The number of amides is 1. The molecule has 1 aliphatic heterocycles. The lowest BCUT2D eigenvalue weighted by atomic mass is 9.98. The van der Waals surface area contributed by atoms with Crippen molar-refractivity contribution in [2.75, 3.05) is 45.4 Å². The Kier molecular flexibility index (Phi) is 13.9. The number of ether oxygens (including phenoxy) is 4. The van der Waals surface area contributed by atoms with Crippen LogP contribution in [-0.2, 0) is 30.3 Å². The first-order valence-electron chi connectivity index (χ1n) is 14.4. The number of rotatable bonds is 15. The Morgan fingerprint density at radius 1 is 1.00 bits per heavy atom.